The number of H-pyrrole nitrogens is 1. The van der Waals surface area contributed by atoms with E-state index < -0.39 is 11.3 Å². The van der Waals surface area contributed by atoms with Gasteiger partial charge in [-0.15, -0.1) is 0 Å². The summed E-state index contributed by atoms with van der Waals surface area (Å²) in [5.74, 6) is 0.859. The molecule has 322 valence electrons. The van der Waals surface area contributed by atoms with Crippen LogP contribution < -0.4 is 11.4 Å². The Hall–Kier alpha value is -6.45. The number of nitrogens with zero attached hydrogens (tertiary/aromatic N) is 9. The van der Waals surface area contributed by atoms with Crippen molar-refractivity contribution in [1.29, 1.82) is 0 Å². The van der Waals surface area contributed by atoms with Crippen molar-refractivity contribution in [2.24, 2.45) is 5.92 Å². The summed E-state index contributed by atoms with van der Waals surface area (Å²) in [6.07, 6.45) is 10.3. The van der Waals surface area contributed by atoms with Gasteiger partial charge in [0.25, 0.3) is 0 Å². The molecule has 0 bridgehead atoms. The van der Waals surface area contributed by atoms with Gasteiger partial charge in [0.1, 0.15) is 17.2 Å². The topological polar surface area (TPSA) is 147 Å². The second kappa shape index (κ2) is 14.3. The van der Waals surface area contributed by atoms with E-state index in [0.29, 0.717) is 59.6 Å². The summed E-state index contributed by atoms with van der Waals surface area (Å²) in [4.78, 5) is 32.4. The van der Waals surface area contributed by atoms with E-state index >= 15 is 4.39 Å². The molecule has 2 fully saturated rings. The monoisotopic (exact) mass is 848 g/mol. The molecular weight excluding hydrogens is 800 g/mol. The first-order valence-corrected chi connectivity index (χ1v) is 21.8. The highest BCUT2D eigenvalue weighted by Crippen LogP contribution is 2.56. The van der Waals surface area contributed by atoms with Gasteiger partial charge in [-0.1, -0.05) is 24.2 Å². The number of benzene rings is 3. The Morgan fingerprint density at radius 3 is 2.40 bits per heavy atom. The van der Waals surface area contributed by atoms with Crippen LogP contribution >= 0.6 is 0 Å². The van der Waals surface area contributed by atoms with Crippen LogP contribution in [-0.4, -0.2) is 67.5 Å². The summed E-state index contributed by atoms with van der Waals surface area (Å²) in [6.45, 7) is 14.2. The van der Waals surface area contributed by atoms with Crippen molar-refractivity contribution < 1.29 is 13.7 Å². The zero-order chi connectivity index (χ0) is 43.5. The van der Waals surface area contributed by atoms with E-state index in [-0.39, 0.29) is 29.1 Å². The van der Waals surface area contributed by atoms with Crippen molar-refractivity contribution in [1.82, 2.24) is 48.7 Å². The number of hydrogen-bond acceptors (Lipinski definition) is 9. The molecule has 4 atom stereocenters. The molecule has 11 rings (SSSR count). The highest BCUT2D eigenvalue weighted by Gasteiger charge is 2.59. The molecule has 1 aliphatic carbocycles. The minimum absolute atomic E-state index is 0.118. The molecule has 2 aliphatic heterocycles. The van der Waals surface area contributed by atoms with Crippen LogP contribution in [0.15, 0.2) is 93.5 Å². The Morgan fingerprint density at radius 1 is 0.905 bits per heavy atom. The first-order valence-electron chi connectivity index (χ1n) is 21.8. The zero-order valence-corrected chi connectivity index (χ0v) is 36.2. The molecule has 15 heteroatoms. The molecule has 1 saturated carbocycles. The fourth-order valence-electron chi connectivity index (χ4n) is 10.6. The molecule has 8 aromatic rings. The summed E-state index contributed by atoms with van der Waals surface area (Å²) in [7, 11) is 0. The predicted molar refractivity (Wildman–Crippen MR) is 235 cm³/mol. The Morgan fingerprint density at radius 2 is 1.67 bits per heavy atom. The van der Waals surface area contributed by atoms with Crippen LogP contribution in [0.4, 0.5) is 4.39 Å². The highest BCUT2D eigenvalue weighted by molar-refractivity contribution is 5.84. The number of rotatable bonds is 8. The molecule has 1 unspecified atom stereocenters. The molecule has 7 heterocycles. The summed E-state index contributed by atoms with van der Waals surface area (Å²) >= 11 is 0. The summed E-state index contributed by atoms with van der Waals surface area (Å²) in [5.41, 5.74) is 6.57. The van der Waals surface area contributed by atoms with Gasteiger partial charge in [0.15, 0.2) is 5.82 Å². The number of aromatic amines is 1. The number of fused-ring (bicyclic) bond motifs is 3. The standard InChI is InChI=1S/C48H49FN10O4/c1-27-17-37(18-28(2)42(27)49)59-43(57-15-14-56(46(57)61)36-9-7-33-24-50-51-25-35(33)20-36)38-26-55(13-11-39(38)53-59)30(4)41-21-34-19-31(32-12-16-62-47(5,6)23-32)8-10-40(34)58(41)48(22-29(48)3)44-52-45(60)63-54-44/h7-10,14-15,17-21,24-25,29-30,32H,11-13,16,22-23,26H2,1-6H3,(H,52,54,60)/t29-,30?,32-,48-/m0/s1. The van der Waals surface area contributed by atoms with Crippen LogP contribution in [0.1, 0.15) is 98.4 Å². The van der Waals surface area contributed by atoms with E-state index in [1.54, 1.807) is 64.6 Å². The second-order valence-corrected chi connectivity index (χ2v) is 18.6. The maximum absolute atomic E-state index is 15.1. The van der Waals surface area contributed by atoms with Gasteiger partial charge in [-0.2, -0.15) is 15.3 Å². The number of nitrogens with one attached hydrogen (secondary N) is 1. The third-order valence-electron chi connectivity index (χ3n) is 14.0. The Kier molecular flexibility index (Phi) is 8.94. The average molecular weight is 849 g/mol. The largest absolute Gasteiger partial charge is 0.438 e. The average Bonchev–Trinajstić information content (AvgIpc) is 3.75. The van der Waals surface area contributed by atoms with Gasteiger partial charge in [0.2, 0.25) is 0 Å². The van der Waals surface area contributed by atoms with Crippen LogP contribution in [0.2, 0.25) is 0 Å². The SMILES string of the molecule is Cc1cc(-n2nc3c(c2-n2ccn(-c4ccc5cnncc5c4)c2=O)CN(C(C)c2cc4cc([C@H]5CCOC(C)(C)C5)ccc4n2[C@@]2(c4noc(=O)[nH]4)C[C@@H]2C)CC3)cc(C)c1F. The van der Waals surface area contributed by atoms with Gasteiger partial charge in [-0.05, 0) is 125 Å². The molecule has 0 radical (unpaired) electrons. The molecule has 14 nitrogen and oxygen atoms in total. The molecule has 1 N–H and O–H groups in total. The summed E-state index contributed by atoms with van der Waals surface area (Å²) in [6, 6.07) is 18.3. The maximum Gasteiger partial charge on any atom is 0.438 e. The van der Waals surface area contributed by atoms with Gasteiger partial charge in [-0.3, -0.25) is 23.5 Å². The molecule has 5 aromatic heterocycles. The molecule has 3 aromatic carbocycles. The minimum Gasteiger partial charge on any atom is -0.376 e. The van der Waals surface area contributed by atoms with Gasteiger partial charge < -0.3 is 9.30 Å². The van der Waals surface area contributed by atoms with E-state index in [1.807, 2.05) is 18.2 Å². The molecule has 0 amide bonds. The Labute approximate surface area is 361 Å². The lowest BCUT2D eigenvalue weighted by molar-refractivity contribution is -0.0592. The highest BCUT2D eigenvalue weighted by atomic mass is 19.1. The lowest BCUT2D eigenvalue weighted by Gasteiger charge is -2.35. The van der Waals surface area contributed by atoms with Crippen LogP contribution in [0.25, 0.3) is 38.9 Å². The first kappa shape index (κ1) is 39.4. The first-order chi connectivity index (χ1) is 30.3. The lowest BCUT2D eigenvalue weighted by Crippen LogP contribution is -2.36. The van der Waals surface area contributed by atoms with E-state index in [2.05, 4.69) is 81.8 Å². The molecule has 3 aliphatic rings. The van der Waals surface area contributed by atoms with Crippen molar-refractivity contribution in [3.63, 3.8) is 0 Å². The van der Waals surface area contributed by atoms with E-state index in [0.717, 1.165) is 64.5 Å². The molecular formula is C48H49FN10O4. The number of halogens is 1. The van der Waals surface area contributed by atoms with Crippen molar-refractivity contribution >= 4 is 21.7 Å². The third kappa shape index (κ3) is 6.34. The molecule has 1 saturated heterocycles. The fourth-order valence-corrected chi connectivity index (χ4v) is 10.6. The summed E-state index contributed by atoms with van der Waals surface area (Å²) in [5, 5.41) is 20.4. The second-order valence-electron chi connectivity index (χ2n) is 18.6. The van der Waals surface area contributed by atoms with Crippen molar-refractivity contribution in [3.8, 4) is 17.2 Å². The number of hydrogen-bond donors (Lipinski definition) is 1. The minimum atomic E-state index is -0.597. The van der Waals surface area contributed by atoms with Gasteiger partial charge in [0, 0.05) is 77.5 Å². The normalized spacial score (nSPS) is 21.6. The van der Waals surface area contributed by atoms with Crippen LogP contribution in [0.5, 0.6) is 0 Å². The number of imidazole rings is 1. The van der Waals surface area contributed by atoms with Crippen molar-refractivity contribution in [2.45, 2.75) is 96.9 Å². The third-order valence-corrected chi connectivity index (χ3v) is 14.0. The maximum atomic E-state index is 15.1. The van der Waals surface area contributed by atoms with Gasteiger partial charge in [-0.25, -0.2) is 18.7 Å². The smallest absolute Gasteiger partial charge is 0.376 e. The van der Waals surface area contributed by atoms with Crippen molar-refractivity contribution in [3.05, 3.63) is 146 Å². The van der Waals surface area contributed by atoms with E-state index in [9.17, 15) is 9.59 Å². The predicted octanol–water partition coefficient (Wildman–Crippen LogP) is 7.72. The van der Waals surface area contributed by atoms with Crippen molar-refractivity contribution in [2.75, 3.05) is 13.2 Å². The van der Waals surface area contributed by atoms with Gasteiger partial charge >= 0.3 is 11.4 Å². The van der Waals surface area contributed by atoms with Gasteiger partial charge in [0.05, 0.1) is 35.1 Å². The Balaban J connectivity index is 1.03. The van der Waals surface area contributed by atoms with Crippen LogP contribution in [0.3, 0.4) is 0 Å². The zero-order valence-electron chi connectivity index (χ0n) is 36.2. The number of ether oxygens (including phenoxy) is 1. The van der Waals surface area contributed by atoms with Crippen LogP contribution in [0, 0.1) is 25.6 Å². The quantitative estimate of drug-likeness (QED) is 0.162. The lowest BCUT2D eigenvalue weighted by atomic mass is 9.83. The molecule has 0 spiro atoms. The van der Waals surface area contributed by atoms with Crippen LogP contribution in [-0.2, 0) is 23.2 Å². The number of aryl methyl sites for hydroxylation is 2. The Bertz CT molecular complexity index is 3220. The molecule has 63 heavy (non-hydrogen) atoms. The summed E-state index contributed by atoms with van der Waals surface area (Å²) < 4.78 is 33.8. The fraction of sp³-hybridized carbons (Fsp3) is 0.375. The van der Waals surface area contributed by atoms with E-state index in [4.69, 9.17) is 14.4 Å². The van der Waals surface area contributed by atoms with E-state index in [1.165, 1.54) is 5.56 Å². The number of aromatic nitrogens is 9.